The quantitative estimate of drug-likeness (QED) is 0.620. The Hall–Kier alpha value is -3.28. The maximum absolute atomic E-state index is 12.9. The topological polar surface area (TPSA) is 83.2 Å². The predicted octanol–water partition coefficient (Wildman–Crippen LogP) is 4.24. The number of hydrogen-bond donors (Lipinski definition) is 3. The van der Waals surface area contributed by atoms with Gasteiger partial charge in [-0.1, -0.05) is 36.4 Å². The SMILES string of the molecule is CC(C)(C)OC(=O)N[C@@H](Cc1c[nH]c2ccccc12)C(=O)Nc1ccccc1. The van der Waals surface area contributed by atoms with E-state index in [-0.39, 0.29) is 5.91 Å². The van der Waals surface area contributed by atoms with Crippen molar-refractivity contribution < 1.29 is 14.3 Å². The van der Waals surface area contributed by atoms with Gasteiger partial charge in [0.25, 0.3) is 0 Å². The molecule has 0 bridgehead atoms. The summed E-state index contributed by atoms with van der Waals surface area (Å²) in [6.45, 7) is 5.35. The van der Waals surface area contributed by atoms with Crippen LogP contribution in [-0.2, 0) is 16.0 Å². The summed E-state index contributed by atoms with van der Waals surface area (Å²) < 4.78 is 5.34. The average molecular weight is 379 g/mol. The van der Waals surface area contributed by atoms with E-state index in [1.807, 2.05) is 48.7 Å². The van der Waals surface area contributed by atoms with Crippen molar-refractivity contribution in [3.05, 3.63) is 66.4 Å². The van der Waals surface area contributed by atoms with Gasteiger partial charge in [0.05, 0.1) is 0 Å². The molecule has 3 aromatic rings. The van der Waals surface area contributed by atoms with Gasteiger partial charge in [-0.2, -0.15) is 0 Å². The first-order valence-electron chi connectivity index (χ1n) is 9.22. The fourth-order valence-electron chi connectivity index (χ4n) is 2.93. The van der Waals surface area contributed by atoms with Gasteiger partial charge < -0.3 is 20.4 Å². The van der Waals surface area contributed by atoms with Crippen molar-refractivity contribution in [2.75, 3.05) is 5.32 Å². The molecular formula is C22H25N3O3. The third-order valence-electron chi connectivity index (χ3n) is 4.15. The number of aromatic nitrogens is 1. The van der Waals surface area contributed by atoms with Crippen LogP contribution in [-0.4, -0.2) is 28.6 Å². The zero-order valence-electron chi connectivity index (χ0n) is 16.3. The second kappa shape index (κ2) is 8.17. The molecule has 6 heteroatoms. The first-order valence-corrected chi connectivity index (χ1v) is 9.22. The second-order valence-corrected chi connectivity index (χ2v) is 7.62. The van der Waals surface area contributed by atoms with E-state index in [1.54, 1.807) is 32.9 Å². The fourth-order valence-corrected chi connectivity index (χ4v) is 2.93. The highest BCUT2D eigenvalue weighted by Crippen LogP contribution is 2.20. The van der Waals surface area contributed by atoms with Gasteiger partial charge in [-0.05, 0) is 44.5 Å². The van der Waals surface area contributed by atoms with Crippen molar-refractivity contribution in [2.24, 2.45) is 0 Å². The summed E-state index contributed by atoms with van der Waals surface area (Å²) in [7, 11) is 0. The van der Waals surface area contributed by atoms with Gasteiger partial charge in [0.15, 0.2) is 0 Å². The minimum atomic E-state index is -0.783. The van der Waals surface area contributed by atoms with E-state index >= 15 is 0 Å². The number of carbonyl (C=O) groups is 2. The van der Waals surface area contributed by atoms with Gasteiger partial charge in [0, 0.05) is 29.2 Å². The van der Waals surface area contributed by atoms with E-state index < -0.39 is 17.7 Å². The lowest BCUT2D eigenvalue weighted by Gasteiger charge is -2.23. The lowest BCUT2D eigenvalue weighted by molar-refractivity contribution is -0.118. The standard InChI is InChI=1S/C22H25N3O3/c1-22(2,3)28-21(27)25-19(20(26)24-16-9-5-4-6-10-16)13-15-14-23-18-12-8-7-11-17(15)18/h4-12,14,19,23H,13H2,1-3H3,(H,24,26)(H,25,27)/t19-/m0/s1. The average Bonchev–Trinajstić information content (AvgIpc) is 3.03. The Morgan fingerprint density at radius 2 is 1.71 bits per heavy atom. The van der Waals surface area contributed by atoms with Crippen LogP contribution in [0.4, 0.5) is 10.5 Å². The summed E-state index contributed by atoms with van der Waals surface area (Å²) in [5.74, 6) is -0.303. The number of carbonyl (C=O) groups excluding carboxylic acids is 2. The van der Waals surface area contributed by atoms with Crippen LogP contribution in [0.25, 0.3) is 10.9 Å². The number of alkyl carbamates (subject to hydrolysis) is 1. The molecular weight excluding hydrogens is 354 g/mol. The number of nitrogens with one attached hydrogen (secondary N) is 3. The number of H-pyrrole nitrogens is 1. The summed E-state index contributed by atoms with van der Waals surface area (Å²) in [5, 5.41) is 6.58. The Balaban J connectivity index is 1.81. The Labute approximate surface area is 164 Å². The molecule has 1 aromatic heterocycles. The van der Waals surface area contributed by atoms with E-state index in [2.05, 4.69) is 15.6 Å². The first-order chi connectivity index (χ1) is 13.3. The van der Waals surface area contributed by atoms with Crippen LogP contribution in [0.3, 0.4) is 0 Å². The fraction of sp³-hybridized carbons (Fsp3) is 0.273. The Morgan fingerprint density at radius 1 is 1.04 bits per heavy atom. The lowest BCUT2D eigenvalue weighted by atomic mass is 10.0. The number of para-hydroxylation sites is 2. The summed E-state index contributed by atoms with van der Waals surface area (Å²) in [6, 6.07) is 16.2. The van der Waals surface area contributed by atoms with E-state index in [0.29, 0.717) is 12.1 Å². The third kappa shape index (κ3) is 5.13. The third-order valence-corrected chi connectivity index (χ3v) is 4.15. The van der Waals surface area contributed by atoms with Crippen LogP contribution in [0.5, 0.6) is 0 Å². The van der Waals surface area contributed by atoms with Crippen molar-refractivity contribution in [1.29, 1.82) is 0 Å². The van der Waals surface area contributed by atoms with Gasteiger partial charge in [-0.3, -0.25) is 4.79 Å². The zero-order chi connectivity index (χ0) is 20.1. The van der Waals surface area contributed by atoms with E-state index in [0.717, 1.165) is 16.5 Å². The van der Waals surface area contributed by atoms with Crippen LogP contribution in [0.1, 0.15) is 26.3 Å². The van der Waals surface area contributed by atoms with Gasteiger partial charge in [0.1, 0.15) is 11.6 Å². The largest absolute Gasteiger partial charge is 0.444 e. The Kier molecular flexibility index (Phi) is 5.68. The van der Waals surface area contributed by atoms with Crippen LogP contribution < -0.4 is 10.6 Å². The summed E-state index contributed by atoms with van der Waals surface area (Å²) in [4.78, 5) is 28.4. The molecule has 0 aliphatic rings. The number of benzene rings is 2. The number of hydrogen-bond acceptors (Lipinski definition) is 3. The van der Waals surface area contributed by atoms with Gasteiger partial charge in [0.2, 0.25) is 5.91 Å². The maximum atomic E-state index is 12.9. The molecule has 2 amide bonds. The number of rotatable bonds is 5. The minimum Gasteiger partial charge on any atom is -0.444 e. The second-order valence-electron chi connectivity index (χ2n) is 7.62. The summed E-state index contributed by atoms with van der Waals surface area (Å²) in [5.41, 5.74) is 1.95. The lowest BCUT2D eigenvalue weighted by Crippen LogP contribution is -2.47. The van der Waals surface area contributed by atoms with Crippen LogP contribution >= 0.6 is 0 Å². The van der Waals surface area contributed by atoms with Crippen molar-refractivity contribution in [3.63, 3.8) is 0 Å². The number of amides is 2. The van der Waals surface area contributed by atoms with Crippen molar-refractivity contribution in [3.8, 4) is 0 Å². The van der Waals surface area contributed by atoms with Crippen molar-refractivity contribution in [1.82, 2.24) is 10.3 Å². The molecule has 0 saturated carbocycles. The molecule has 28 heavy (non-hydrogen) atoms. The monoisotopic (exact) mass is 379 g/mol. The number of ether oxygens (including phenoxy) is 1. The van der Waals surface area contributed by atoms with E-state index in [4.69, 9.17) is 4.74 Å². The Bertz CT molecular complexity index is 958. The van der Waals surface area contributed by atoms with Crippen LogP contribution in [0, 0.1) is 0 Å². The molecule has 3 rings (SSSR count). The maximum Gasteiger partial charge on any atom is 0.408 e. The molecule has 0 saturated heterocycles. The summed E-state index contributed by atoms with van der Waals surface area (Å²) in [6.07, 6.45) is 1.58. The molecule has 0 radical (unpaired) electrons. The van der Waals surface area contributed by atoms with Crippen LogP contribution in [0.15, 0.2) is 60.8 Å². The van der Waals surface area contributed by atoms with Crippen molar-refractivity contribution >= 4 is 28.6 Å². The van der Waals surface area contributed by atoms with Gasteiger partial charge >= 0.3 is 6.09 Å². The number of aromatic amines is 1. The molecule has 0 aliphatic carbocycles. The first kappa shape index (κ1) is 19.5. The molecule has 0 unspecified atom stereocenters. The molecule has 3 N–H and O–H groups in total. The normalized spacial score (nSPS) is 12.4. The molecule has 0 fully saturated rings. The van der Waals surface area contributed by atoms with E-state index in [9.17, 15) is 9.59 Å². The smallest absolute Gasteiger partial charge is 0.408 e. The molecule has 146 valence electrons. The van der Waals surface area contributed by atoms with Crippen LogP contribution in [0.2, 0.25) is 0 Å². The highest BCUT2D eigenvalue weighted by atomic mass is 16.6. The number of anilines is 1. The van der Waals surface area contributed by atoms with E-state index in [1.165, 1.54) is 0 Å². The highest BCUT2D eigenvalue weighted by molar-refractivity contribution is 5.97. The molecule has 1 atom stereocenters. The Morgan fingerprint density at radius 3 is 2.43 bits per heavy atom. The molecule has 6 nitrogen and oxygen atoms in total. The highest BCUT2D eigenvalue weighted by Gasteiger charge is 2.25. The van der Waals surface area contributed by atoms with Crippen molar-refractivity contribution in [2.45, 2.75) is 38.8 Å². The molecule has 0 aliphatic heterocycles. The summed E-state index contributed by atoms with van der Waals surface area (Å²) >= 11 is 0. The predicted molar refractivity (Wildman–Crippen MR) is 110 cm³/mol. The molecule has 0 spiro atoms. The van der Waals surface area contributed by atoms with Gasteiger partial charge in [-0.15, -0.1) is 0 Å². The number of fused-ring (bicyclic) bond motifs is 1. The molecule has 2 aromatic carbocycles. The minimum absolute atomic E-state index is 0.303. The van der Waals surface area contributed by atoms with Gasteiger partial charge in [-0.25, -0.2) is 4.79 Å². The molecule has 1 heterocycles. The zero-order valence-corrected chi connectivity index (χ0v) is 16.3.